The van der Waals surface area contributed by atoms with E-state index in [0.29, 0.717) is 12.5 Å². The van der Waals surface area contributed by atoms with Gasteiger partial charge in [-0.15, -0.1) is 0 Å². The van der Waals surface area contributed by atoms with Crippen LogP contribution in [-0.4, -0.2) is 33.9 Å². The van der Waals surface area contributed by atoms with E-state index in [4.69, 9.17) is 0 Å². The van der Waals surface area contributed by atoms with Gasteiger partial charge in [0.2, 0.25) is 0 Å². The minimum Gasteiger partial charge on any atom is -0.384 e. The summed E-state index contributed by atoms with van der Waals surface area (Å²) in [5.41, 5.74) is -1.40. The fourth-order valence-corrected chi connectivity index (χ4v) is 2.55. The molecule has 0 saturated carbocycles. The highest BCUT2D eigenvalue weighted by Crippen LogP contribution is 2.30. The Morgan fingerprint density at radius 3 is 2.48 bits per heavy atom. The SMILES string of the molecule is CCNC(=NCc1cn(C)nc1C(F)(F)F)NCC(C)(O)c1ccccc1. The monoisotopic (exact) mass is 383 g/mol. The van der Waals surface area contributed by atoms with Gasteiger partial charge in [-0.25, -0.2) is 4.99 Å². The third kappa shape index (κ3) is 5.72. The van der Waals surface area contributed by atoms with Crippen LogP contribution in [0.3, 0.4) is 0 Å². The average molecular weight is 383 g/mol. The zero-order valence-electron chi connectivity index (χ0n) is 15.5. The molecule has 0 saturated heterocycles. The van der Waals surface area contributed by atoms with Gasteiger partial charge in [0, 0.05) is 25.4 Å². The Morgan fingerprint density at radius 2 is 1.89 bits per heavy atom. The molecule has 3 N–H and O–H groups in total. The van der Waals surface area contributed by atoms with Crippen LogP contribution in [0.1, 0.15) is 30.7 Å². The summed E-state index contributed by atoms with van der Waals surface area (Å²) < 4.78 is 40.2. The predicted octanol–water partition coefficient (Wildman–Crippen LogP) is 2.40. The summed E-state index contributed by atoms with van der Waals surface area (Å²) in [5.74, 6) is 0.311. The van der Waals surface area contributed by atoms with Crippen molar-refractivity contribution in [2.45, 2.75) is 32.2 Å². The third-order valence-electron chi connectivity index (χ3n) is 3.92. The van der Waals surface area contributed by atoms with Gasteiger partial charge in [0.1, 0.15) is 5.60 Å². The Morgan fingerprint density at radius 1 is 1.22 bits per heavy atom. The second kappa shape index (κ2) is 8.43. The van der Waals surface area contributed by atoms with Crippen molar-refractivity contribution in [2.75, 3.05) is 13.1 Å². The van der Waals surface area contributed by atoms with Crippen molar-refractivity contribution >= 4 is 5.96 Å². The molecule has 0 spiro atoms. The number of aliphatic hydroxyl groups is 1. The van der Waals surface area contributed by atoms with E-state index in [2.05, 4.69) is 20.7 Å². The first-order valence-corrected chi connectivity index (χ1v) is 8.53. The van der Waals surface area contributed by atoms with Crippen molar-refractivity contribution in [3.8, 4) is 0 Å². The van der Waals surface area contributed by atoms with E-state index < -0.39 is 17.5 Å². The number of hydrogen-bond acceptors (Lipinski definition) is 3. The molecule has 2 aromatic rings. The largest absolute Gasteiger partial charge is 0.435 e. The maximum absolute atomic E-state index is 13.0. The number of rotatable bonds is 6. The summed E-state index contributed by atoms with van der Waals surface area (Å²) in [7, 11) is 1.43. The van der Waals surface area contributed by atoms with Gasteiger partial charge >= 0.3 is 6.18 Å². The lowest BCUT2D eigenvalue weighted by Crippen LogP contribution is -2.44. The number of nitrogens with one attached hydrogen (secondary N) is 2. The highest BCUT2D eigenvalue weighted by molar-refractivity contribution is 5.79. The molecule has 0 radical (unpaired) electrons. The first-order valence-electron chi connectivity index (χ1n) is 8.53. The topological polar surface area (TPSA) is 74.5 Å². The first kappa shape index (κ1) is 20.8. The van der Waals surface area contributed by atoms with Gasteiger partial charge in [-0.05, 0) is 19.4 Å². The van der Waals surface area contributed by atoms with Crippen molar-refractivity contribution in [3.63, 3.8) is 0 Å². The molecule has 9 heteroatoms. The first-order chi connectivity index (χ1) is 12.6. The van der Waals surface area contributed by atoms with Crippen LogP contribution in [0.15, 0.2) is 41.5 Å². The van der Waals surface area contributed by atoms with Crippen LogP contribution in [0.4, 0.5) is 13.2 Å². The minimum absolute atomic E-state index is 0.0166. The number of aromatic nitrogens is 2. The van der Waals surface area contributed by atoms with E-state index in [9.17, 15) is 18.3 Å². The van der Waals surface area contributed by atoms with E-state index in [0.717, 1.165) is 10.2 Å². The van der Waals surface area contributed by atoms with Crippen LogP contribution in [0, 0.1) is 0 Å². The number of benzene rings is 1. The quantitative estimate of drug-likeness (QED) is 0.529. The van der Waals surface area contributed by atoms with Crippen molar-refractivity contribution in [2.24, 2.45) is 12.0 Å². The maximum atomic E-state index is 13.0. The highest BCUT2D eigenvalue weighted by atomic mass is 19.4. The van der Waals surface area contributed by atoms with Crippen LogP contribution >= 0.6 is 0 Å². The average Bonchev–Trinajstić information content (AvgIpc) is 2.99. The number of alkyl halides is 3. The molecule has 148 valence electrons. The molecule has 0 bridgehead atoms. The van der Waals surface area contributed by atoms with Gasteiger partial charge in [0.25, 0.3) is 0 Å². The second-order valence-electron chi connectivity index (χ2n) is 6.36. The number of aliphatic imine (C=N–C) groups is 1. The number of guanidine groups is 1. The van der Waals surface area contributed by atoms with E-state index in [1.165, 1.54) is 13.2 Å². The molecule has 0 aliphatic rings. The lowest BCUT2D eigenvalue weighted by Gasteiger charge is -2.25. The van der Waals surface area contributed by atoms with E-state index >= 15 is 0 Å². The molecule has 1 unspecified atom stereocenters. The van der Waals surface area contributed by atoms with Crippen LogP contribution in [0.2, 0.25) is 0 Å². The normalized spacial score (nSPS) is 14.7. The molecule has 1 atom stereocenters. The lowest BCUT2D eigenvalue weighted by atomic mass is 9.96. The number of halogens is 3. The van der Waals surface area contributed by atoms with Crippen LogP contribution in [0.5, 0.6) is 0 Å². The van der Waals surface area contributed by atoms with Crippen LogP contribution in [0.25, 0.3) is 0 Å². The summed E-state index contributed by atoms with van der Waals surface area (Å²) in [6, 6.07) is 9.10. The Balaban J connectivity index is 2.11. The highest BCUT2D eigenvalue weighted by Gasteiger charge is 2.36. The fraction of sp³-hybridized carbons (Fsp3) is 0.444. The van der Waals surface area contributed by atoms with Gasteiger partial charge in [0.05, 0.1) is 13.1 Å². The number of aryl methyl sites for hydroxylation is 1. The summed E-state index contributed by atoms with van der Waals surface area (Å²) in [6.07, 6.45) is -3.23. The molecule has 0 aliphatic carbocycles. The number of nitrogens with zero attached hydrogens (tertiary/aromatic N) is 3. The molecule has 2 rings (SSSR count). The molecule has 0 fully saturated rings. The second-order valence-corrected chi connectivity index (χ2v) is 6.36. The maximum Gasteiger partial charge on any atom is 0.435 e. The molecular weight excluding hydrogens is 359 g/mol. The minimum atomic E-state index is -4.53. The standard InChI is InChI=1S/C18H24F3N5O/c1-4-22-16(24-12-17(2,27)14-8-6-5-7-9-14)23-10-13-11-26(3)25-15(13)18(19,20)21/h5-9,11,27H,4,10,12H2,1-3H3,(H2,22,23,24). The lowest BCUT2D eigenvalue weighted by molar-refractivity contribution is -0.142. The smallest absolute Gasteiger partial charge is 0.384 e. The Bertz CT molecular complexity index is 769. The molecule has 6 nitrogen and oxygen atoms in total. The van der Waals surface area contributed by atoms with Crippen molar-refractivity contribution < 1.29 is 18.3 Å². The van der Waals surface area contributed by atoms with Crippen LogP contribution in [-0.2, 0) is 25.4 Å². The van der Waals surface area contributed by atoms with Crippen molar-refractivity contribution in [3.05, 3.63) is 53.3 Å². The molecular formula is C18H24F3N5O. The zero-order valence-corrected chi connectivity index (χ0v) is 15.5. The fourth-order valence-electron chi connectivity index (χ4n) is 2.55. The number of hydrogen-bond donors (Lipinski definition) is 3. The summed E-state index contributed by atoms with van der Waals surface area (Å²) in [6.45, 7) is 3.98. The van der Waals surface area contributed by atoms with Gasteiger partial charge in [0.15, 0.2) is 11.7 Å². The van der Waals surface area contributed by atoms with E-state index in [1.807, 2.05) is 25.1 Å². The van der Waals surface area contributed by atoms with Gasteiger partial charge in [-0.2, -0.15) is 18.3 Å². The third-order valence-corrected chi connectivity index (χ3v) is 3.92. The van der Waals surface area contributed by atoms with Gasteiger partial charge in [-0.1, -0.05) is 30.3 Å². The summed E-state index contributed by atoms with van der Waals surface area (Å²) in [5, 5.41) is 20.0. The molecule has 0 aliphatic heterocycles. The Kier molecular flexibility index (Phi) is 6.48. The van der Waals surface area contributed by atoms with Crippen LogP contribution < -0.4 is 10.6 Å². The summed E-state index contributed by atoms with van der Waals surface area (Å²) >= 11 is 0. The van der Waals surface area contributed by atoms with Crippen molar-refractivity contribution in [1.29, 1.82) is 0 Å². The Labute approximate surface area is 156 Å². The Hall–Kier alpha value is -2.55. The zero-order chi connectivity index (χ0) is 20.1. The van der Waals surface area contributed by atoms with E-state index in [1.54, 1.807) is 19.1 Å². The summed E-state index contributed by atoms with van der Waals surface area (Å²) in [4.78, 5) is 4.20. The molecule has 1 aromatic heterocycles. The molecule has 1 heterocycles. The predicted molar refractivity (Wildman–Crippen MR) is 97.0 cm³/mol. The molecule has 27 heavy (non-hydrogen) atoms. The van der Waals surface area contributed by atoms with Crippen molar-refractivity contribution in [1.82, 2.24) is 20.4 Å². The molecule has 0 amide bonds. The van der Waals surface area contributed by atoms with Gasteiger partial charge in [-0.3, -0.25) is 4.68 Å². The van der Waals surface area contributed by atoms with Gasteiger partial charge < -0.3 is 15.7 Å². The van der Waals surface area contributed by atoms with E-state index in [-0.39, 0.29) is 18.7 Å². The molecule has 1 aromatic carbocycles.